The predicted octanol–water partition coefficient (Wildman–Crippen LogP) is 2.41. The summed E-state index contributed by atoms with van der Waals surface area (Å²) in [6.07, 6.45) is 2.26. The molecule has 3 rings (SSSR count). The zero-order valence-electron chi connectivity index (χ0n) is 11.9. The Morgan fingerprint density at radius 1 is 1.22 bits per heavy atom. The van der Waals surface area contributed by atoms with Gasteiger partial charge in [0.2, 0.25) is 0 Å². The average Bonchev–Trinajstić information content (AvgIpc) is 2.46. The lowest BCUT2D eigenvalue weighted by Gasteiger charge is -2.28. The molecule has 1 aromatic carbocycles. The van der Waals surface area contributed by atoms with E-state index in [-0.39, 0.29) is 23.0 Å². The summed E-state index contributed by atoms with van der Waals surface area (Å²) in [4.78, 5) is 16.0. The molecule has 8 heteroatoms. The number of hydrogen-bond acceptors (Lipinski definition) is 4. The van der Waals surface area contributed by atoms with Crippen molar-refractivity contribution in [1.82, 2.24) is 15.6 Å². The number of rotatable bonds is 4. The van der Waals surface area contributed by atoms with Crippen LogP contribution < -0.4 is 16.0 Å². The molecule has 3 N–H and O–H groups in total. The molecular formula is C15H13F2IN4O. The van der Waals surface area contributed by atoms with E-state index in [9.17, 15) is 13.6 Å². The largest absolute Gasteiger partial charge is 0.351 e. The summed E-state index contributed by atoms with van der Waals surface area (Å²) in [7, 11) is 0. The Kier molecular flexibility index (Phi) is 4.71. The zero-order chi connectivity index (χ0) is 16.4. The van der Waals surface area contributed by atoms with Gasteiger partial charge in [0.25, 0.3) is 5.91 Å². The number of carbonyl (C=O) groups is 1. The van der Waals surface area contributed by atoms with Crippen molar-refractivity contribution in [3.8, 4) is 0 Å². The summed E-state index contributed by atoms with van der Waals surface area (Å²) in [5.74, 6) is -1.80. The maximum atomic E-state index is 14.1. The van der Waals surface area contributed by atoms with Crippen LogP contribution in [0.4, 0.5) is 20.2 Å². The Morgan fingerprint density at radius 2 is 2.00 bits per heavy atom. The molecule has 0 saturated carbocycles. The molecule has 1 amide bonds. The van der Waals surface area contributed by atoms with E-state index in [1.54, 1.807) is 6.07 Å². The number of nitrogens with one attached hydrogen (secondary N) is 3. The van der Waals surface area contributed by atoms with Gasteiger partial charge in [0, 0.05) is 16.7 Å². The highest BCUT2D eigenvalue weighted by Gasteiger charge is 2.24. The summed E-state index contributed by atoms with van der Waals surface area (Å²) in [6, 6.07) is 4.55. The van der Waals surface area contributed by atoms with Gasteiger partial charge in [-0.2, -0.15) is 0 Å². The third-order valence-corrected chi connectivity index (χ3v) is 4.11. The summed E-state index contributed by atoms with van der Waals surface area (Å²) in [5.41, 5.74) is 0.0944. The molecule has 0 unspecified atom stereocenters. The smallest absolute Gasteiger partial charge is 0.256 e. The molecule has 0 bridgehead atoms. The molecule has 0 aliphatic carbocycles. The van der Waals surface area contributed by atoms with E-state index in [0.717, 1.165) is 9.77 Å². The fourth-order valence-electron chi connectivity index (χ4n) is 2.14. The van der Waals surface area contributed by atoms with Crippen LogP contribution in [-0.4, -0.2) is 30.0 Å². The molecule has 120 valence electrons. The van der Waals surface area contributed by atoms with Gasteiger partial charge >= 0.3 is 0 Å². The maximum absolute atomic E-state index is 14.1. The molecule has 1 aromatic heterocycles. The van der Waals surface area contributed by atoms with Crippen molar-refractivity contribution in [2.75, 3.05) is 18.4 Å². The third-order valence-electron chi connectivity index (χ3n) is 3.44. The molecule has 1 fully saturated rings. The van der Waals surface area contributed by atoms with Crippen molar-refractivity contribution in [1.29, 1.82) is 0 Å². The SMILES string of the molecule is O=C(NC1CNC1)c1c(F)cncc1Nc1ccc(I)cc1F. The number of pyridine rings is 1. The van der Waals surface area contributed by atoms with Crippen LogP contribution in [0.5, 0.6) is 0 Å². The van der Waals surface area contributed by atoms with Gasteiger partial charge in [-0.25, -0.2) is 8.78 Å². The monoisotopic (exact) mass is 430 g/mol. The highest BCUT2D eigenvalue weighted by molar-refractivity contribution is 14.1. The van der Waals surface area contributed by atoms with Gasteiger partial charge in [-0.05, 0) is 40.8 Å². The zero-order valence-corrected chi connectivity index (χ0v) is 14.0. The van der Waals surface area contributed by atoms with Gasteiger partial charge in [-0.15, -0.1) is 0 Å². The minimum Gasteiger partial charge on any atom is -0.351 e. The van der Waals surface area contributed by atoms with Crippen LogP contribution >= 0.6 is 22.6 Å². The standard InChI is InChI=1S/C15H13F2IN4O/c16-10-3-8(18)1-2-12(10)22-13-7-20-6-11(17)14(13)15(23)21-9-4-19-5-9/h1-3,6-7,9,19,22H,4-5H2,(H,21,23). The lowest BCUT2D eigenvalue weighted by atomic mass is 10.1. The van der Waals surface area contributed by atoms with Gasteiger partial charge in [0.05, 0.1) is 29.8 Å². The quantitative estimate of drug-likeness (QED) is 0.653. The Hall–Kier alpha value is -1.81. The van der Waals surface area contributed by atoms with Crippen LogP contribution in [0.3, 0.4) is 0 Å². The molecule has 2 heterocycles. The van der Waals surface area contributed by atoms with Crippen LogP contribution in [0.15, 0.2) is 30.6 Å². The van der Waals surface area contributed by atoms with Gasteiger partial charge in [-0.3, -0.25) is 9.78 Å². The molecule has 1 saturated heterocycles. The molecule has 0 spiro atoms. The number of carbonyl (C=O) groups excluding carboxylic acids is 1. The first-order valence-corrected chi connectivity index (χ1v) is 7.99. The number of halogens is 3. The summed E-state index contributed by atoms with van der Waals surface area (Å²) in [5, 5.41) is 8.47. The summed E-state index contributed by atoms with van der Waals surface area (Å²) in [6.45, 7) is 1.29. The normalized spacial score (nSPS) is 14.2. The lowest BCUT2D eigenvalue weighted by Crippen LogP contribution is -2.57. The highest BCUT2D eigenvalue weighted by Crippen LogP contribution is 2.25. The number of hydrogen-bond donors (Lipinski definition) is 3. The van der Waals surface area contributed by atoms with Gasteiger partial charge in [0.1, 0.15) is 11.4 Å². The number of amides is 1. The van der Waals surface area contributed by atoms with E-state index >= 15 is 0 Å². The molecule has 23 heavy (non-hydrogen) atoms. The van der Waals surface area contributed by atoms with E-state index in [1.807, 2.05) is 22.6 Å². The number of anilines is 2. The fourth-order valence-corrected chi connectivity index (χ4v) is 2.60. The van der Waals surface area contributed by atoms with Crippen LogP contribution in [0.1, 0.15) is 10.4 Å². The van der Waals surface area contributed by atoms with Crippen molar-refractivity contribution in [3.05, 3.63) is 51.4 Å². The Bertz CT molecular complexity index is 752. The second kappa shape index (κ2) is 6.75. The molecule has 1 aliphatic heterocycles. The Balaban J connectivity index is 1.89. The molecule has 1 aliphatic rings. The molecule has 0 radical (unpaired) electrons. The number of aromatic nitrogens is 1. The van der Waals surface area contributed by atoms with Crippen LogP contribution in [0, 0.1) is 15.2 Å². The van der Waals surface area contributed by atoms with E-state index < -0.39 is 17.5 Å². The minimum absolute atomic E-state index is 0.0297. The van der Waals surface area contributed by atoms with Crippen molar-refractivity contribution in [2.45, 2.75) is 6.04 Å². The van der Waals surface area contributed by atoms with E-state index in [2.05, 4.69) is 20.9 Å². The van der Waals surface area contributed by atoms with Gasteiger partial charge in [0.15, 0.2) is 5.82 Å². The second-order valence-corrected chi connectivity index (χ2v) is 6.37. The van der Waals surface area contributed by atoms with Crippen LogP contribution in [0.2, 0.25) is 0 Å². The summed E-state index contributed by atoms with van der Waals surface area (Å²) < 4.78 is 28.8. The Labute approximate surface area is 145 Å². The van der Waals surface area contributed by atoms with E-state index in [1.165, 1.54) is 18.3 Å². The molecule has 0 atom stereocenters. The van der Waals surface area contributed by atoms with E-state index in [4.69, 9.17) is 0 Å². The first-order valence-electron chi connectivity index (χ1n) is 6.92. The third kappa shape index (κ3) is 3.58. The summed E-state index contributed by atoms with van der Waals surface area (Å²) >= 11 is 1.99. The molecule has 2 aromatic rings. The first-order chi connectivity index (χ1) is 11.0. The lowest BCUT2D eigenvalue weighted by molar-refractivity contribution is 0.0920. The van der Waals surface area contributed by atoms with Crippen LogP contribution in [0.25, 0.3) is 0 Å². The number of benzene rings is 1. The predicted molar refractivity (Wildman–Crippen MR) is 90.7 cm³/mol. The van der Waals surface area contributed by atoms with Crippen molar-refractivity contribution in [2.24, 2.45) is 0 Å². The molecular weight excluding hydrogens is 417 g/mol. The van der Waals surface area contributed by atoms with Crippen molar-refractivity contribution in [3.63, 3.8) is 0 Å². The fraction of sp³-hybridized carbons (Fsp3) is 0.200. The van der Waals surface area contributed by atoms with Gasteiger partial charge < -0.3 is 16.0 Å². The minimum atomic E-state index is -0.759. The highest BCUT2D eigenvalue weighted by atomic mass is 127. The van der Waals surface area contributed by atoms with Crippen molar-refractivity contribution >= 4 is 39.9 Å². The topological polar surface area (TPSA) is 66.0 Å². The number of nitrogens with zero attached hydrogens (tertiary/aromatic N) is 1. The van der Waals surface area contributed by atoms with Gasteiger partial charge in [-0.1, -0.05) is 0 Å². The average molecular weight is 430 g/mol. The van der Waals surface area contributed by atoms with Crippen molar-refractivity contribution < 1.29 is 13.6 Å². The van der Waals surface area contributed by atoms with Crippen LogP contribution in [-0.2, 0) is 0 Å². The molecule has 5 nitrogen and oxygen atoms in total. The Morgan fingerprint density at radius 3 is 2.65 bits per heavy atom. The van der Waals surface area contributed by atoms with E-state index in [0.29, 0.717) is 13.1 Å². The second-order valence-electron chi connectivity index (χ2n) is 5.12. The maximum Gasteiger partial charge on any atom is 0.256 e. The first kappa shape index (κ1) is 16.1.